The van der Waals surface area contributed by atoms with Gasteiger partial charge in [-0.3, -0.25) is 15.1 Å². The van der Waals surface area contributed by atoms with Crippen LogP contribution in [0.25, 0.3) is 0 Å². The molecule has 4 rings (SSSR count). The number of carbonyl (C=O) groups excluding carboxylic acids is 1. The summed E-state index contributed by atoms with van der Waals surface area (Å²) in [5.74, 6) is 0.564. The third-order valence-corrected chi connectivity index (χ3v) is 5.99. The maximum Gasteiger partial charge on any atom is 0.229 e. The number of hydrogen-bond acceptors (Lipinski definition) is 5. The van der Waals surface area contributed by atoms with Gasteiger partial charge in [0.2, 0.25) is 5.91 Å². The number of rotatable bonds is 5. The van der Waals surface area contributed by atoms with E-state index in [0.717, 1.165) is 50.5 Å². The van der Waals surface area contributed by atoms with Gasteiger partial charge in [-0.15, -0.1) is 0 Å². The Bertz CT molecular complexity index is 843. The van der Waals surface area contributed by atoms with Gasteiger partial charge in [-0.25, -0.2) is 9.82 Å². The molecule has 2 fully saturated rings. The van der Waals surface area contributed by atoms with E-state index in [2.05, 4.69) is 27.9 Å². The number of hydrazine groups is 1. The number of carbonyl (C=O) groups is 1. The Labute approximate surface area is 177 Å². The van der Waals surface area contributed by atoms with Crippen molar-refractivity contribution < 1.29 is 13.9 Å². The van der Waals surface area contributed by atoms with Gasteiger partial charge in [0.05, 0.1) is 19.1 Å². The van der Waals surface area contributed by atoms with E-state index in [1.807, 2.05) is 17.0 Å². The molecule has 2 saturated heterocycles. The fourth-order valence-corrected chi connectivity index (χ4v) is 4.29. The molecule has 2 N–H and O–H groups in total. The lowest BCUT2D eigenvalue weighted by Gasteiger charge is -2.27. The molecule has 2 aromatic carbocycles. The zero-order chi connectivity index (χ0) is 20.9. The van der Waals surface area contributed by atoms with Crippen LogP contribution in [0.2, 0.25) is 0 Å². The van der Waals surface area contributed by atoms with Gasteiger partial charge in [-0.1, -0.05) is 24.3 Å². The molecule has 0 aliphatic carbocycles. The number of nitrogens with one attached hydrogen (secondary N) is 2. The van der Waals surface area contributed by atoms with Crippen LogP contribution in [0.3, 0.4) is 0 Å². The van der Waals surface area contributed by atoms with Crippen molar-refractivity contribution in [1.82, 2.24) is 20.7 Å². The molecule has 2 aromatic rings. The van der Waals surface area contributed by atoms with Gasteiger partial charge in [-0.2, -0.15) is 0 Å². The molecule has 2 atom stereocenters. The monoisotopic (exact) mass is 412 g/mol. The predicted molar refractivity (Wildman–Crippen MR) is 113 cm³/mol. The summed E-state index contributed by atoms with van der Waals surface area (Å²) in [6, 6.07) is 14.4. The quantitative estimate of drug-likeness (QED) is 0.790. The molecular formula is C23H29FN4O2. The number of methoxy groups -OCH3 is 1. The van der Waals surface area contributed by atoms with Gasteiger partial charge < -0.3 is 9.64 Å². The number of nitrogens with zero attached hydrogens (tertiary/aromatic N) is 2. The largest absolute Gasteiger partial charge is 0.497 e. The first-order chi connectivity index (χ1) is 14.6. The number of hydrogen-bond donors (Lipinski definition) is 2. The van der Waals surface area contributed by atoms with E-state index in [4.69, 9.17) is 4.74 Å². The van der Waals surface area contributed by atoms with Crippen LogP contribution in [-0.4, -0.2) is 55.5 Å². The summed E-state index contributed by atoms with van der Waals surface area (Å²) in [6.07, 6.45) is 0.955. The minimum atomic E-state index is -0.267. The molecule has 0 spiro atoms. The molecule has 160 valence electrons. The van der Waals surface area contributed by atoms with Crippen molar-refractivity contribution in [2.24, 2.45) is 5.92 Å². The highest BCUT2D eigenvalue weighted by Gasteiger charge is 2.36. The molecule has 30 heavy (non-hydrogen) atoms. The topological polar surface area (TPSA) is 56.8 Å². The first-order valence-electron chi connectivity index (χ1n) is 10.5. The average molecular weight is 413 g/mol. The van der Waals surface area contributed by atoms with E-state index in [9.17, 15) is 9.18 Å². The summed E-state index contributed by atoms with van der Waals surface area (Å²) in [6.45, 7) is 4.76. The number of ether oxygens (including phenoxy) is 1. The Morgan fingerprint density at radius 3 is 2.57 bits per heavy atom. The van der Waals surface area contributed by atoms with Gasteiger partial charge in [0, 0.05) is 39.3 Å². The highest BCUT2D eigenvalue weighted by atomic mass is 19.1. The summed E-state index contributed by atoms with van der Waals surface area (Å²) < 4.78 is 18.5. The minimum Gasteiger partial charge on any atom is -0.497 e. The molecule has 7 heteroatoms. The van der Waals surface area contributed by atoms with Crippen LogP contribution in [0.5, 0.6) is 5.75 Å². The second kappa shape index (κ2) is 9.55. The van der Waals surface area contributed by atoms with Crippen molar-refractivity contribution in [2.75, 3.05) is 39.8 Å². The fourth-order valence-electron chi connectivity index (χ4n) is 4.29. The lowest BCUT2D eigenvalue weighted by atomic mass is 9.93. The van der Waals surface area contributed by atoms with Crippen LogP contribution in [0, 0.1) is 11.7 Å². The highest BCUT2D eigenvalue weighted by molar-refractivity contribution is 5.80. The maximum absolute atomic E-state index is 13.3. The van der Waals surface area contributed by atoms with Gasteiger partial charge in [0.15, 0.2) is 0 Å². The molecule has 0 radical (unpaired) electrons. The van der Waals surface area contributed by atoms with E-state index in [-0.39, 0.29) is 23.7 Å². The van der Waals surface area contributed by atoms with E-state index in [1.54, 1.807) is 19.2 Å². The van der Waals surface area contributed by atoms with Crippen LogP contribution in [0.15, 0.2) is 48.5 Å². The third-order valence-electron chi connectivity index (χ3n) is 5.99. The minimum absolute atomic E-state index is 0.142. The lowest BCUT2D eigenvalue weighted by molar-refractivity contribution is -0.135. The van der Waals surface area contributed by atoms with Gasteiger partial charge in [0.1, 0.15) is 11.6 Å². The van der Waals surface area contributed by atoms with E-state index in [1.165, 1.54) is 17.7 Å². The molecule has 0 aromatic heterocycles. The molecular weight excluding hydrogens is 383 g/mol. The van der Waals surface area contributed by atoms with Crippen LogP contribution >= 0.6 is 0 Å². The second-order valence-electron chi connectivity index (χ2n) is 7.96. The summed E-state index contributed by atoms with van der Waals surface area (Å²) >= 11 is 0. The number of halogens is 1. The second-order valence-corrected chi connectivity index (χ2v) is 7.96. The first-order valence-corrected chi connectivity index (χ1v) is 10.5. The Kier molecular flexibility index (Phi) is 6.62. The zero-order valence-electron chi connectivity index (χ0n) is 17.3. The van der Waals surface area contributed by atoms with E-state index in [0.29, 0.717) is 6.54 Å². The van der Waals surface area contributed by atoms with E-state index < -0.39 is 0 Å². The van der Waals surface area contributed by atoms with Gasteiger partial charge in [0.25, 0.3) is 0 Å². The number of amides is 1. The molecule has 2 aliphatic heterocycles. The Hall–Kier alpha value is -2.48. The Balaban J connectivity index is 1.36. The summed E-state index contributed by atoms with van der Waals surface area (Å²) in [5, 5.41) is 0. The van der Waals surface area contributed by atoms with Crippen molar-refractivity contribution in [2.45, 2.75) is 19.0 Å². The third kappa shape index (κ3) is 4.80. The van der Waals surface area contributed by atoms with Crippen molar-refractivity contribution in [1.29, 1.82) is 0 Å². The lowest BCUT2D eigenvalue weighted by Crippen LogP contribution is -2.41. The van der Waals surface area contributed by atoms with Crippen molar-refractivity contribution >= 4 is 5.91 Å². The molecule has 2 heterocycles. The SMILES string of the molecule is COc1ccc(CN2CCCN(C(=O)C3CNNC3c3ccc(F)cc3)CC2)cc1. The zero-order valence-corrected chi connectivity index (χ0v) is 17.3. The fraction of sp³-hybridized carbons (Fsp3) is 0.435. The predicted octanol–water partition coefficient (Wildman–Crippen LogP) is 2.33. The van der Waals surface area contributed by atoms with Gasteiger partial charge >= 0.3 is 0 Å². The summed E-state index contributed by atoms with van der Waals surface area (Å²) in [4.78, 5) is 17.7. The Morgan fingerprint density at radius 2 is 1.83 bits per heavy atom. The number of benzene rings is 2. The maximum atomic E-state index is 13.3. The first kappa shape index (κ1) is 20.8. The standard InChI is InChI=1S/C23H29FN4O2/c1-30-20-9-3-17(4-10-20)16-27-11-2-12-28(14-13-27)23(29)21-15-25-26-22(21)18-5-7-19(24)8-6-18/h3-10,21-22,25-26H,2,11-16H2,1H3. The normalized spacial score (nSPS) is 22.7. The van der Waals surface area contributed by atoms with Crippen molar-refractivity contribution in [3.8, 4) is 5.75 Å². The van der Waals surface area contributed by atoms with Crippen LogP contribution < -0.4 is 15.6 Å². The Morgan fingerprint density at radius 1 is 1.07 bits per heavy atom. The van der Waals surface area contributed by atoms with Gasteiger partial charge in [-0.05, 0) is 41.8 Å². The molecule has 0 bridgehead atoms. The smallest absolute Gasteiger partial charge is 0.229 e. The molecule has 2 unspecified atom stereocenters. The highest BCUT2D eigenvalue weighted by Crippen LogP contribution is 2.27. The molecule has 0 saturated carbocycles. The molecule has 1 amide bonds. The van der Waals surface area contributed by atoms with Crippen LogP contribution in [-0.2, 0) is 11.3 Å². The average Bonchev–Trinajstić information content (AvgIpc) is 3.14. The molecule has 6 nitrogen and oxygen atoms in total. The van der Waals surface area contributed by atoms with Crippen molar-refractivity contribution in [3.63, 3.8) is 0 Å². The molecule has 2 aliphatic rings. The van der Waals surface area contributed by atoms with Crippen LogP contribution in [0.4, 0.5) is 4.39 Å². The van der Waals surface area contributed by atoms with Crippen molar-refractivity contribution in [3.05, 3.63) is 65.5 Å². The summed E-state index contributed by atoms with van der Waals surface area (Å²) in [5.41, 5.74) is 8.47. The van der Waals surface area contributed by atoms with E-state index >= 15 is 0 Å². The summed E-state index contributed by atoms with van der Waals surface area (Å²) in [7, 11) is 1.67. The van der Waals surface area contributed by atoms with Crippen LogP contribution in [0.1, 0.15) is 23.6 Å².